The molecule has 0 radical (unpaired) electrons. The third-order valence-corrected chi connectivity index (χ3v) is 2.77. The summed E-state index contributed by atoms with van der Waals surface area (Å²) in [6.07, 6.45) is 4.86. The van der Waals surface area contributed by atoms with E-state index in [2.05, 4.69) is 39.2 Å². The summed E-state index contributed by atoms with van der Waals surface area (Å²) in [4.78, 5) is 13.3. The van der Waals surface area contributed by atoms with Crippen LogP contribution in [0.25, 0.3) is 0 Å². The van der Waals surface area contributed by atoms with Gasteiger partial charge in [0, 0.05) is 13.5 Å². The van der Waals surface area contributed by atoms with Gasteiger partial charge in [-0.05, 0) is 12.3 Å². The van der Waals surface area contributed by atoms with E-state index in [-0.39, 0.29) is 0 Å². The SMILES string of the molecule is CON=C(c1nc(CCC(C)C)nn1C)n1cncn1. The first kappa shape index (κ1) is 14.2. The lowest BCUT2D eigenvalue weighted by molar-refractivity contribution is 0.211. The van der Waals surface area contributed by atoms with Crippen LogP contribution in [0.4, 0.5) is 0 Å². The number of oxime groups is 1. The summed E-state index contributed by atoms with van der Waals surface area (Å²) >= 11 is 0. The molecule has 8 heteroatoms. The molecule has 2 aromatic rings. The Kier molecular flexibility index (Phi) is 4.44. The van der Waals surface area contributed by atoms with Gasteiger partial charge in [-0.15, -0.1) is 0 Å². The number of hydrogen-bond donors (Lipinski definition) is 0. The molecule has 2 rings (SSSR count). The molecule has 108 valence electrons. The van der Waals surface area contributed by atoms with Crippen molar-refractivity contribution in [2.75, 3.05) is 7.11 Å². The molecule has 0 aliphatic carbocycles. The molecule has 0 unspecified atom stereocenters. The van der Waals surface area contributed by atoms with Crippen LogP contribution in [0.2, 0.25) is 0 Å². The smallest absolute Gasteiger partial charge is 0.238 e. The fourth-order valence-corrected chi connectivity index (χ4v) is 1.75. The molecule has 0 aliphatic rings. The van der Waals surface area contributed by atoms with Gasteiger partial charge >= 0.3 is 0 Å². The topological polar surface area (TPSA) is 83.0 Å². The van der Waals surface area contributed by atoms with Gasteiger partial charge in [0.05, 0.1) is 0 Å². The van der Waals surface area contributed by atoms with Crippen molar-refractivity contribution in [1.82, 2.24) is 29.5 Å². The van der Waals surface area contributed by atoms with Gasteiger partial charge in [0.2, 0.25) is 5.84 Å². The summed E-state index contributed by atoms with van der Waals surface area (Å²) < 4.78 is 3.18. The molecule has 8 nitrogen and oxygen atoms in total. The maximum absolute atomic E-state index is 4.86. The average molecular weight is 277 g/mol. The third-order valence-electron chi connectivity index (χ3n) is 2.77. The van der Waals surface area contributed by atoms with Gasteiger partial charge in [-0.1, -0.05) is 19.0 Å². The van der Waals surface area contributed by atoms with Crippen LogP contribution in [0, 0.1) is 5.92 Å². The van der Waals surface area contributed by atoms with E-state index >= 15 is 0 Å². The molecule has 0 N–H and O–H groups in total. The summed E-state index contributed by atoms with van der Waals surface area (Å²) in [7, 11) is 3.30. The van der Waals surface area contributed by atoms with Crippen LogP contribution < -0.4 is 0 Å². The Hall–Kier alpha value is -2.25. The van der Waals surface area contributed by atoms with Crippen LogP contribution in [-0.4, -0.2) is 42.5 Å². The lowest BCUT2D eigenvalue weighted by Crippen LogP contribution is -2.19. The molecule has 0 atom stereocenters. The van der Waals surface area contributed by atoms with Crippen LogP contribution in [0.3, 0.4) is 0 Å². The van der Waals surface area contributed by atoms with E-state index in [1.807, 2.05) is 7.05 Å². The van der Waals surface area contributed by atoms with E-state index in [0.29, 0.717) is 17.6 Å². The van der Waals surface area contributed by atoms with Gasteiger partial charge in [-0.2, -0.15) is 14.9 Å². The summed E-state index contributed by atoms with van der Waals surface area (Å²) in [6.45, 7) is 4.36. The predicted octanol–water partition coefficient (Wildman–Crippen LogP) is 0.851. The average Bonchev–Trinajstić information content (AvgIpc) is 3.03. The summed E-state index contributed by atoms with van der Waals surface area (Å²) in [5.74, 6) is 2.46. The van der Waals surface area contributed by atoms with Crippen LogP contribution in [-0.2, 0) is 18.3 Å². The zero-order valence-corrected chi connectivity index (χ0v) is 12.2. The third kappa shape index (κ3) is 3.19. The van der Waals surface area contributed by atoms with Crippen LogP contribution in [0.1, 0.15) is 31.9 Å². The maximum Gasteiger partial charge on any atom is 0.238 e. The molecule has 0 saturated carbocycles. The molecule has 20 heavy (non-hydrogen) atoms. The Labute approximate surface area is 117 Å². The molecule has 0 aliphatic heterocycles. The standard InChI is InChI=1S/C12H19N7O/c1-9(2)5-6-10-15-11(18(3)16-10)12(17-20-4)19-8-13-7-14-19/h7-9H,5-6H2,1-4H3. The van der Waals surface area contributed by atoms with Crippen molar-refractivity contribution >= 4 is 5.84 Å². The molecule has 0 fully saturated rings. The van der Waals surface area contributed by atoms with Crippen molar-refractivity contribution in [2.45, 2.75) is 26.7 Å². The number of aromatic nitrogens is 6. The minimum absolute atomic E-state index is 0.454. The summed E-state index contributed by atoms with van der Waals surface area (Å²) in [6, 6.07) is 0. The van der Waals surface area contributed by atoms with Crippen molar-refractivity contribution in [2.24, 2.45) is 18.1 Å². The zero-order valence-electron chi connectivity index (χ0n) is 12.2. The van der Waals surface area contributed by atoms with Crippen molar-refractivity contribution in [3.63, 3.8) is 0 Å². The van der Waals surface area contributed by atoms with Crippen molar-refractivity contribution in [3.8, 4) is 0 Å². The second-order valence-electron chi connectivity index (χ2n) is 4.85. The second-order valence-corrected chi connectivity index (χ2v) is 4.85. The molecule has 2 aromatic heterocycles. The van der Waals surface area contributed by atoms with Crippen LogP contribution in [0.5, 0.6) is 0 Å². The van der Waals surface area contributed by atoms with E-state index in [9.17, 15) is 0 Å². The first-order chi connectivity index (χ1) is 9.61. The van der Waals surface area contributed by atoms with E-state index < -0.39 is 0 Å². The Morgan fingerprint density at radius 1 is 1.45 bits per heavy atom. The Morgan fingerprint density at radius 3 is 2.85 bits per heavy atom. The van der Waals surface area contributed by atoms with Crippen LogP contribution in [0.15, 0.2) is 17.8 Å². The van der Waals surface area contributed by atoms with Crippen molar-refractivity contribution < 1.29 is 4.84 Å². The monoisotopic (exact) mass is 277 g/mol. The van der Waals surface area contributed by atoms with Gasteiger partial charge in [0.1, 0.15) is 19.8 Å². The van der Waals surface area contributed by atoms with Crippen LogP contribution >= 0.6 is 0 Å². The highest BCUT2D eigenvalue weighted by atomic mass is 16.6. The Balaban J connectivity index is 2.28. The van der Waals surface area contributed by atoms with Gasteiger partial charge in [0.15, 0.2) is 11.6 Å². The first-order valence-corrected chi connectivity index (χ1v) is 6.48. The van der Waals surface area contributed by atoms with E-state index in [1.165, 1.54) is 18.1 Å². The highest BCUT2D eigenvalue weighted by molar-refractivity contribution is 5.96. The van der Waals surface area contributed by atoms with E-state index in [4.69, 9.17) is 4.84 Å². The molecular weight excluding hydrogens is 258 g/mol. The number of rotatable bonds is 5. The molecule has 0 saturated heterocycles. The molecule has 0 amide bonds. The lowest BCUT2D eigenvalue weighted by atomic mass is 10.1. The minimum Gasteiger partial charge on any atom is -0.397 e. The van der Waals surface area contributed by atoms with E-state index in [1.54, 1.807) is 11.0 Å². The molecule has 0 aromatic carbocycles. The minimum atomic E-state index is 0.454. The van der Waals surface area contributed by atoms with Gasteiger partial charge < -0.3 is 4.84 Å². The van der Waals surface area contributed by atoms with Crippen molar-refractivity contribution in [3.05, 3.63) is 24.3 Å². The first-order valence-electron chi connectivity index (χ1n) is 6.48. The number of nitrogens with zero attached hydrogens (tertiary/aromatic N) is 7. The Morgan fingerprint density at radius 2 is 2.25 bits per heavy atom. The molecule has 0 spiro atoms. The summed E-state index contributed by atoms with van der Waals surface area (Å²) in [5.41, 5.74) is 0. The lowest BCUT2D eigenvalue weighted by Gasteiger charge is -2.02. The summed E-state index contributed by atoms with van der Waals surface area (Å²) in [5, 5.41) is 12.4. The second kappa shape index (κ2) is 6.27. The highest BCUT2D eigenvalue weighted by Crippen LogP contribution is 2.07. The highest BCUT2D eigenvalue weighted by Gasteiger charge is 2.17. The van der Waals surface area contributed by atoms with E-state index in [0.717, 1.165) is 18.7 Å². The largest absolute Gasteiger partial charge is 0.397 e. The number of aryl methyl sites for hydroxylation is 2. The van der Waals surface area contributed by atoms with Crippen molar-refractivity contribution in [1.29, 1.82) is 0 Å². The molecule has 2 heterocycles. The molecule has 0 bridgehead atoms. The predicted molar refractivity (Wildman–Crippen MR) is 73.1 cm³/mol. The molecular formula is C12H19N7O. The maximum atomic E-state index is 4.86. The van der Waals surface area contributed by atoms with Gasteiger partial charge in [-0.25, -0.2) is 14.6 Å². The Bertz CT molecular complexity index is 571. The van der Waals surface area contributed by atoms with Gasteiger partial charge in [0.25, 0.3) is 0 Å². The zero-order chi connectivity index (χ0) is 14.5. The normalized spacial score (nSPS) is 12.2. The number of hydrogen-bond acceptors (Lipinski definition) is 6. The quantitative estimate of drug-likeness (QED) is 0.459. The fourth-order valence-electron chi connectivity index (χ4n) is 1.75. The van der Waals surface area contributed by atoms with Gasteiger partial charge in [-0.3, -0.25) is 0 Å². The fraction of sp³-hybridized carbons (Fsp3) is 0.583.